The number of nitrogens with one attached hydrogen (secondary N) is 1. The molecule has 0 radical (unpaired) electrons. The number of amides is 2. The van der Waals surface area contributed by atoms with Crippen LogP contribution in [0.1, 0.15) is 40.8 Å². The highest BCUT2D eigenvalue weighted by molar-refractivity contribution is 7.15. The van der Waals surface area contributed by atoms with Crippen LogP contribution in [0.5, 0.6) is 0 Å². The van der Waals surface area contributed by atoms with E-state index in [9.17, 15) is 9.59 Å². The molecule has 2 aromatic carbocycles. The number of thiazole rings is 1. The van der Waals surface area contributed by atoms with Gasteiger partial charge in [-0.3, -0.25) is 9.59 Å². The largest absolute Gasteiger partial charge is 0.343 e. The Balaban J connectivity index is 1.23. The Morgan fingerprint density at radius 2 is 1.88 bits per heavy atom. The number of aryl methyl sites for hydroxylation is 2. The number of carbonyl (C=O) groups is 2. The van der Waals surface area contributed by atoms with E-state index in [1.54, 1.807) is 0 Å². The van der Waals surface area contributed by atoms with Crippen molar-refractivity contribution < 1.29 is 9.59 Å². The van der Waals surface area contributed by atoms with Gasteiger partial charge >= 0.3 is 0 Å². The third-order valence-corrected chi connectivity index (χ3v) is 7.41. The predicted molar refractivity (Wildman–Crippen MR) is 134 cm³/mol. The van der Waals surface area contributed by atoms with Crippen LogP contribution in [0.25, 0.3) is 0 Å². The average Bonchev–Trinajstić information content (AvgIpc) is 3.27. The smallest absolute Gasteiger partial charge is 0.229 e. The summed E-state index contributed by atoms with van der Waals surface area (Å²) in [5.41, 5.74) is 3.35. The molecular formula is C26H28ClN3O2S. The molecule has 7 heteroatoms. The molecule has 1 aromatic heterocycles. The minimum atomic E-state index is -0.0913. The van der Waals surface area contributed by atoms with Crippen molar-refractivity contribution in [2.75, 3.05) is 18.4 Å². The summed E-state index contributed by atoms with van der Waals surface area (Å²) < 4.78 is 0. The zero-order valence-electron chi connectivity index (χ0n) is 18.7. The molecule has 0 unspecified atom stereocenters. The SMILES string of the molecule is Cc1ccc(Cc2cnc(NC(=O)C3CCN(C(=O)CCc4ccccc4)CC3)s2)cc1Cl. The summed E-state index contributed by atoms with van der Waals surface area (Å²) in [4.78, 5) is 32.6. The molecule has 1 N–H and O–H groups in total. The Kier molecular flexibility index (Phi) is 7.78. The highest BCUT2D eigenvalue weighted by atomic mass is 35.5. The number of benzene rings is 2. The van der Waals surface area contributed by atoms with Gasteiger partial charge in [0.1, 0.15) is 0 Å². The van der Waals surface area contributed by atoms with Gasteiger partial charge in [-0.2, -0.15) is 0 Å². The van der Waals surface area contributed by atoms with Crippen molar-refractivity contribution >= 4 is 39.9 Å². The van der Waals surface area contributed by atoms with E-state index in [0.29, 0.717) is 37.5 Å². The van der Waals surface area contributed by atoms with Gasteiger partial charge in [-0.25, -0.2) is 4.98 Å². The molecule has 4 rings (SSSR count). The molecule has 1 aliphatic rings. The van der Waals surface area contributed by atoms with E-state index >= 15 is 0 Å². The number of carbonyl (C=O) groups excluding carboxylic acids is 2. The molecular weight excluding hydrogens is 454 g/mol. The third kappa shape index (κ3) is 6.42. The fourth-order valence-corrected chi connectivity index (χ4v) is 5.10. The number of hydrogen-bond donors (Lipinski definition) is 1. The molecule has 3 aromatic rings. The van der Waals surface area contributed by atoms with Crippen molar-refractivity contribution in [3.63, 3.8) is 0 Å². The molecule has 2 heterocycles. The minimum Gasteiger partial charge on any atom is -0.343 e. The summed E-state index contributed by atoms with van der Waals surface area (Å²) in [6, 6.07) is 16.1. The molecule has 0 bridgehead atoms. The maximum absolute atomic E-state index is 12.7. The van der Waals surface area contributed by atoms with E-state index in [0.717, 1.165) is 33.9 Å². The van der Waals surface area contributed by atoms with Crippen molar-refractivity contribution in [2.45, 2.75) is 39.0 Å². The first-order chi connectivity index (χ1) is 16.0. The molecule has 2 amide bonds. The zero-order chi connectivity index (χ0) is 23.2. The van der Waals surface area contributed by atoms with Crippen molar-refractivity contribution in [3.05, 3.63) is 81.3 Å². The predicted octanol–water partition coefficient (Wildman–Crippen LogP) is 5.51. The molecule has 33 heavy (non-hydrogen) atoms. The van der Waals surface area contributed by atoms with Gasteiger partial charge in [0, 0.05) is 47.9 Å². The monoisotopic (exact) mass is 481 g/mol. The lowest BCUT2D eigenvalue weighted by molar-refractivity contribution is -0.134. The molecule has 0 spiro atoms. The average molecular weight is 482 g/mol. The van der Waals surface area contributed by atoms with Crippen LogP contribution in [-0.4, -0.2) is 34.8 Å². The molecule has 0 aliphatic carbocycles. The number of halogens is 1. The second-order valence-electron chi connectivity index (χ2n) is 8.52. The number of rotatable bonds is 7. The van der Waals surface area contributed by atoms with E-state index in [-0.39, 0.29) is 17.7 Å². The van der Waals surface area contributed by atoms with Crippen LogP contribution >= 0.6 is 22.9 Å². The second kappa shape index (κ2) is 10.9. The molecule has 1 saturated heterocycles. The molecule has 1 fully saturated rings. The summed E-state index contributed by atoms with van der Waals surface area (Å²) in [5, 5.41) is 4.35. The van der Waals surface area contributed by atoms with Gasteiger partial charge in [-0.15, -0.1) is 11.3 Å². The third-order valence-electron chi connectivity index (χ3n) is 6.09. The van der Waals surface area contributed by atoms with Gasteiger partial charge in [-0.05, 0) is 48.9 Å². The van der Waals surface area contributed by atoms with Crippen LogP contribution in [-0.2, 0) is 22.4 Å². The summed E-state index contributed by atoms with van der Waals surface area (Å²) >= 11 is 7.71. The lowest BCUT2D eigenvalue weighted by Gasteiger charge is -2.31. The van der Waals surface area contributed by atoms with E-state index in [4.69, 9.17) is 11.6 Å². The fourth-order valence-electron chi connectivity index (χ4n) is 4.05. The molecule has 172 valence electrons. The molecule has 5 nitrogen and oxygen atoms in total. The summed E-state index contributed by atoms with van der Waals surface area (Å²) in [6.07, 6.45) is 5.17. The normalized spacial score (nSPS) is 14.3. The van der Waals surface area contributed by atoms with Crippen molar-refractivity contribution in [2.24, 2.45) is 5.92 Å². The van der Waals surface area contributed by atoms with Gasteiger partial charge < -0.3 is 10.2 Å². The molecule has 1 aliphatic heterocycles. The zero-order valence-corrected chi connectivity index (χ0v) is 20.3. The van der Waals surface area contributed by atoms with E-state index < -0.39 is 0 Å². The van der Waals surface area contributed by atoms with Crippen molar-refractivity contribution in [1.29, 1.82) is 0 Å². The Labute approximate surface area is 203 Å². The molecule has 0 saturated carbocycles. The van der Waals surface area contributed by atoms with Gasteiger partial charge in [0.25, 0.3) is 0 Å². The Hall–Kier alpha value is -2.70. The summed E-state index contributed by atoms with van der Waals surface area (Å²) in [5.74, 6) is 0.0654. The van der Waals surface area contributed by atoms with E-state index in [1.165, 1.54) is 16.9 Å². The Morgan fingerprint density at radius 3 is 2.61 bits per heavy atom. The number of nitrogens with zero attached hydrogens (tertiary/aromatic N) is 2. The lowest BCUT2D eigenvalue weighted by atomic mass is 9.95. The number of aromatic nitrogens is 1. The standard InChI is InChI=1S/C26H28ClN3O2S/c1-18-7-8-20(16-23(18)27)15-22-17-28-26(33-22)29-25(32)21-11-13-30(14-12-21)24(31)10-9-19-5-3-2-4-6-19/h2-8,16-17,21H,9-15H2,1H3,(H,28,29,32). The Morgan fingerprint density at radius 1 is 1.12 bits per heavy atom. The second-order valence-corrected chi connectivity index (χ2v) is 10.0. The number of likely N-dealkylation sites (tertiary alicyclic amines) is 1. The van der Waals surface area contributed by atoms with Crippen LogP contribution in [0.3, 0.4) is 0 Å². The topological polar surface area (TPSA) is 62.3 Å². The van der Waals surface area contributed by atoms with Crippen LogP contribution in [0.4, 0.5) is 5.13 Å². The van der Waals surface area contributed by atoms with Gasteiger partial charge in [-0.1, -0.05) is 54.1 Å². The maximum Gasteiger partial charge on any atom is 0.229 e. The lowest BCUT2D eigenvalue weighted by Crippen LogP contribution is -2.41. The van der Waals surface area contributed by atoms with Gasteiger partial charge in [0.05, 0.1) is 0 Å². The van der Waals surface area contributed by atoms with Crippen molar-refractivity contribution in [1.82, 2.24) is 9.88 Å². The number of anilines is 1. The van der Waals surface area contributed by atoms with Crippen LogP contribution in [0.15, 0.2) is 54.7 Å². The van der Waals surface area contributed by atoms with Crippen LogP contribution in [0, 0.1) is 12.8 Å². The van der Waals surface area contributed by atoms with Crippen molar-refractivity contribution in [3.8, 4) is 0 Å². The van der Waals surface area contributed by atoms with Gasteiger partial charge in [0.2, 0.25) is 11.8 Å². The highest BCUT2D eigenvalue weighted by Gasteiger charge is 2.27. The van der Waals surface area contributed by atoms with E-state index in [1.807, 2.05) is 60.5 Å². The number of piperidine rings is 1. The minimum absolute atomic E-state index is 0.00864. The van der Waals surface area contributed by atoms with Crippen LogP contribution in [0.2, 0.25) is 5.02 Å². The first-order valence-corrected chi connectivity index (χ1v) is 12.5. The Bertz CT molecular complexity index is 1110. The first kappa shape index (κ1) is 23.5. The van der Waals surface area contributed by atoms with Crippen LogP contribution < -0.4 is 5.32 Å². The maximum atomic E-state index is 12.7. The quantitative estimate of drug-likeness (QED) is 0.484. The summed E-state index contributed by atoms with van der Waals surface area (Å²) in [6.45, 7) is 3.24. The molecule has 0 atom stereocenters. The van der Waals surface area contributed by atoms with Gasteiger partial charge in [0.15, 0.2) is 5.13 Å². The number of hydrogen-bond acceptors (Lipinski definition) is 4. The highest BCUT2D eigenvalue weighted by Crippen LogP contribution is 2.26. The fraction of sp³-hybridized carbons (Fsp3) is 0.346. The summed E-state index contributed by atoms with van der Waals surface area (Å²) in [7, 11) is 0. The van der Waals surface area contributed by atoms with E-state index in [2.05, 4.69) is 16.4 Å². The first-order valence-electron chi connectivity index (χ1n) is 11.3.